The lowest BCUT2D eigenvalue weighted by Crippen LogP contribution is -2.30. The molecule has 0 bridgehead atoms. The molecular weight excluding hydrogens is 252 g/mol. The molecule has 2 N–H and O–H groups in total. The van der Waals surface area contributed by atoms with Crippen molar-refractivity contribution < 1.29 is 9.59 Å². The average Bonchev–Trinajstić information content (AvgIpc) is 2.37. The van der Waals surface area contributed by atoms with E-state index in [0.717, 1.165) is 6.54 Å². The molecule has 1 aromatic carbocycles. The van der Waals surface area contributed by atoms with Crippen molar-refractivity contribution in [2.75, 3.05) is 20.1 Å². The molecule has 0 radical (unpaired) electrons. The molecule has 98 valence electrons. The van der Waals surface area contributed by atoms with E-state index in [4.69, 9.17) is 11.6 Å². The van der Waals surface area contributed by atoms with Gasteiger partial charge in [0.15, 0.2) is 5.78 Å². The Labute approximate surface area is 112 Å². The van der Waals surface area contributed by atoms with E-state index < -0.39 is 0 Å². The molecule has 0 unspecified atom stereocenters. The molecule has 1 aromatic rings. The number of Topliss-reactive ketones (excluding diaryl/α,β-unsaturated/α-hetero) is 1. The predicted octanol–water partition coefficient (Wildman–Crippen LogP) is 1.64. The zero-order valence-electron chi connectivity index (χ0n) is 10.3. The Morgan fingerprint density at radius 2 is 1.78 bits per heavy atom. The number of halogens is 1. The number of carbonyl (C=O) groups is 2. The first kappa shape index (κ1) is 14.7. The number of nitrogens with one attached hydrogen (secondary N) is 2. The van der Waals surface area contributed by atoms with Crippen molar-refractivity contribution in [3.63, 3.8) is 0 Å². The topological polar surface area (TPSA) is 58.2 Å². The van der Waals surface area contributed by atoms with Gasteiger partial charge in [-0.2, -0.15) is 0 Å². The van der Waals surface area contributed by atoms with Crippen LogP contribution in [0, 0.1) is 0 Å². The third-order valence-electron chi connectivity index (χ3n) is 2.44. The molecule has 0 heterocycles. The van der Waals surface area contributed by atoms with E-state index in [1.165, 1.54) is 0 Å². The summed E-state index contributed by atoms with van der Waals surface area (Å²) in [6.07, 6.45) is 0.429. The average molecular weight is 269 g/mol. The van der Waals surface area contributed by atoms with Gasteiger partial charge in [-0.3, -0.25) is 9.59 Å². The molecule has 18 heavy (non-hydrogen) atoms. The van der Waals surface area contributed by atoms with Crippen molar-refractivity contribution in [2.45, 2.75) is 12.8 Å². The van der Waals surface area contributed by atoms with Gasteiger partial charge in [0, 0.05) is 36.5 Å². The summed E-state index contributed by atoms with van der Waals surface area (Å²) in [5.41, 5.74) is 0.586. The standard InChI is InChI=1S/C13H17ClN2O2/c1-15-8-9-16-13(18)7-6-12(17)10-2-4-11(14)5-3-10/h2-5,15H,6-9H2,1H3,(H,16,18). The highest BCUT2D eigenvalue weighted by molar-refractivity contribution is 6.30. The maximum Gasteiger partial charge on any atom is 0.220 e. The van der Waals surface area contributed by atoms with Crippen LogP contribution < -0.4 is 10.6 Å². The van der Waals surface area contributed by atoms with Crippen LogP contribution in [0.25, 0.3) is 0 Å². The first-order valence-electron chi connectivity index (χ1n) is 5.83. The maximum absolute atomic E-state index is 11.8. The fraction of sp³-hybridized carbons (Fsp3) is 0.385. The molecule has 0 saturated carbocycles. The Morgan fingerprint density at radius 1 is 1.11 bits per heavy atom. The van der Waals surface area contributed by atoms with Gasteiger partial charge in [-0.15, -0.1) is 0 Å². The third-order valence-corrected chi connectivity index (χ3v) is 2.69. The molecule has 4 nitrogen and oxygen atoms in total. The van der Waals surface area contributed by atoms with E-state index in [1.807, 2.05) is 7.05 Å². The van der Waals surface area contributed by atoms with Gasteiger partial charge in [0.05, 0.1) is 0 Å². The van der Waals surface area contributed by atoms with Gasteiger partial charge >= 0.3 is 0 Å². The minimum Gasteiger partial charge on any atom is -0.355 e. The molecule has 0 aliphatic carbocycles. The molecule has 1 amide bonds. The van der Waals surface area contributed by atoms with Gasteiger partial charge in [-0.25, -0.2) is 0 Å². The van der Waals surface area contributed by atoms with Gasteiger partial charge in [0.25, 0.3) is 0 Å². The van der Waals surface area contributed by atoms with Crippen LogP contribution >= 0.6 is 11.6 Å². The van der Waals surface area contributed by atoms with Crippen LogP contribution in [0.1, 0.15) is 23.2 Å². The summed E-state index contributed by atoms with van der Waals surface area (Å²) in [7, 11) is 1.82. The monoisotopic (exact) mass is 268 g/mol. The van der Waals surface area contributed by atoms with Crippen LogP contribution in [-0.2, 0) is 4.79 Å². The lowest BCUT2D eigenvalue weighted by molar-refractivity contribution is -0.121. The number of amides is 1. The summed E-state index contributed by atoms with van der Waals surface area (Å²) in [5.74, 6) is -0.150. The Kier molecular flexibility index (Phi) is 6.39. The van der Waals surface area contributed by atoms with Gasteiger partial charge in [-0.05, 0) is 31.3 Å². The van der Waals surface area contributed by atoms with Gasteiger partial charge in [0.2, 0.25) is 5.91 Å². The van der Waals surface area contributed by atoms with Crippen molar-refractivity contribution >= 4 is 23.3 Å². The number of likely N-dealkylation sites (N-methyl/N-ethyl adjacent to an activating group) is 1. The Balaban J connectivity index is 2.32. The van der Waals surface area contributed by atoms with Crippen molar-refractivity contribution in [1.29, 1.82) is 0 Å². The second-order valence-corrected chi connectivity index (χ2v) is 4.32. The number of carbonyl (C=O) groups excluding carboxylic acids is 2. The summed E-state index contributed by atoms with van der Waals surface area (Å²) in [6, 6.07) is 6.68. The molecule has 0 atom stereocenters. The highest BCUT2D eigenvalue weighted by Gasteiger charge is 2.08. The molecule has 1 rings (SSSR count). The van der Waals surface area contributed by atoms with E-state index in [0.29, 0.717) is 17.1 Å². The minimum absolute atomic E-state index is 0.0459. The molecule has 5 heteroatoms. The Bertz CT molecular complexity index is 404. The summed E-state index contributed by atoms with van der Waals surface area (Å²) in [6.45, 7) is 1.29. The van der Waals surface area contributed by atoms with E-state index in [9.17, 15) is 9.59 Å². The van der Waals surface area contributed by atoms with Crippen LogP contribution in [0.15, 0.2) is 24.3 Å². The van der Waals surface area contributed by atoms with E-state index in [1.54, 1.807) is 24.3 Å². The SMILES string of the molecule is CNCCNC(=O)CCC(=O)c1ccc(Cl)cc1. The van der Waals surface area contributed by atoms with Crippen LogP contribution in [0.4, 0.5) is 0 Å². The Hall–Kier alpha value is -1.39. The van der Waals surface area contributed by atoms with Crippen molar-refractivity contribution in [3.05, 3.63) is 34.9 Å². The molecule has 0 aliphatic rings. The number of rotatable bonds is 7. The number of hydrogen-bond acceptors (Lipinski definition) is 3. The Morgan fingerprint density at radius 3 is 2.39 bits per heavy atom. The third kappa shape index (κ3) is 5.29. The van der Waals surface area contributed by atoms with Gasteiger partial charge < -0.3 is 10.6 Å². The minimum atomic E-state index is -0.104. The molecule has 0 aromatic heterocycles. The second kappa shape index (κ2) is 7.84. The summed E-state index contributed by atoms with van der Waals surface area (Å²) in [4.78, 5) is 23.2. The van der Waals surface area contributed by atoms with Crippen LogP contribution in [0.3, 0.4) is 0 Å². The van der Waals surface area contributed by atoms with Gasteiger partial charge in [-0.1, -0.05) is 11.6 Å². The summed E-state index contributed by atoms with van der Waals surface area (Å²) >= 11 is 5.73. The van der Waals surface area contributed by atoms with E-state index >= 15 is 0 Å². The zero-order chi connectivity index (χ0) is 13.4. The number of benzene rings is 1. The molecule has 0 aliphatic heterocycles. The van der Waals surface area contributed by atoms with E-state index in [2.05, 4.69) is 10.6 Å². The largest absolute Gasteiger partial charge is 0.355 e. The second-order valence-electron chi connectivity index (χ2n) is 3.88. The predicted molar refractivity (Wildman–Crippen MR) is 72.0 cm³/mol. The van der Waals surface area contributed by atoms with Crippen molar-refractivity contribution in [1.82, 2.24) is 10.6 Å². The lowest BCUT2D eigenvalue weighted by atomic mass is 10.1. The summed E-state index contributed by atoms with van der Waals surface area (Å²) in [5, 5.41) is 6.24. The summed E-state index contributed by atoms with van der Waals surface area (Å²) < 4.78 is 0. The molecule has 0 spiro atoms. The van der Waals surface area contributed by atoms with Crippen LogP contribution in [-0.4, -0.2) is 31.8 Å². The molecule has 0 saturated heterocycles. The zero-order valence-corrected chi connectivity index (χ0v) is 11.1. The molecule has 0 fully saturated rings. The normalized spacial score (nSPS) is 10.1. The lowest BCUT2D eigenvalue weighted by Gasteiger charge is -2.04. The maximum atomic E-state index is 11.8. The van der Waals surface area contributed by atoms with Crippen LogP contribution in [0.2, 0.25) is 5.02 Å². The fourth-order valence-corrected chi connectivity index (χ4v) is 1.55. The smallest absolute Gasteiger partial charge is 0.220 e. The van der Waals surface area contributed by atoms with Gasteiger partial charge in [0.1, 0.15) is 0 Å². The highest BCUT2D eigenvalue weighted by Crippen LogP contribution is 2.11. The number of hydrogen-bond donors (Lipinski definition) is 2. The highest BCUT2D eigenvalue weighted by atomic mass is 35.5. The van der Waals surface area contributed by atoms with Crippen molar-refractivity contribution in [2.24, 2.45) is 0 Å². The number of ketones is 1. The fourth-order valence-electron chi connectivity index (χ4n) is 1.42. The first-order valence-corrected chi connectivity index (χ1v) is 6.21. The first-order chi connectivity index (χ1) is 8.63. The molecular formula is C13H17ClN2O2. The van der Waals surface area contributed by atoms with Crippen molar-refractivity contribution in [3.8, 4) is 0 Å². The quantitative estimate of drug-likeness (QED) is 0.584. The van der Waals surface area contributed by atoms with Crippen LogP contribution in [0.5, 0.6) is 0 Å². The van der Waals surface area contributed by atoms with E-state index in [-0.39, 0.29) is 24.5 Å².